The molecule has 1 aliphatic heterocycles. The van der Waals surface area contributed by atoms with Crippen molar-refractivity contribution < 1.29 is 49.0 Å². The molecule has 6 atom stereocenters. The molecule has 360 valence electrons. The minimum atomic E-state index is -1.59. The standard InChI is InChI=1S/C51H96O10/c1-3-5-7-9-11-13-15-17-18-19-20-21-22-23-24-25-26-28-29-31-33-35-37-39-46(53)58-42-44(43-59-51-50(57)49(56)48(55)45(41-52)61-51)60-47(54)40-38-36-34-32-30-27-16-14-12-10-8-6-4-2/h27,30,44-45,48-52,55-57H,3-26,28-29,31-43H2,1-2H3/b30-27+/t44-,45-,48+,49?,50?,51-/m0/s1. The van der Waals surface area contributed by atoms with E-state index in [-0.39, 0.29) is 32.0 Å². The van der Waals surface area contributed by atoms with Crippen molar-refractivity contribution in [2.24, 2.45) is 0 Å². The van der Waals surface area contributed by atoms with Crippen molar-refractivity contribution in [3.63, 3.8) is 0 Å². The number of carbonyl (C=O) groups is 2. The van der Waals surface area contributed by atoms with E-state index in [4.69, 9.17) is 18.9 Å². The second-order valence-corrected chi connectivity index (χ2v) is 18.0. The summed E-state index contributed by atoms with van der Waals surface area (Å²) in [4.78, 5) is 25.4. The maximum Gasteiger partial charge on any atom is 0.306 e. The number of unbranched alkanes of at least 4 members (excludes halogenated alkanes) is 31. The first-order chi connectivity index (χ1) is 29.8. The monoisotopic (exact) mass is 869 g/mol. The summed E-state index contributed by atoms with van der Waals surface area (Å²) in [6.07, 6.45) is 39.5. The fraction of sp³-hybridized carbons (Fsp3) is 0.922. The van der Waals surface area contributed by atoms with Crippen LogP contribution in [-0.4, -0.2) is 89.0 Å². The number of aliphatic hydroxyl groups is 4. The highest BCUT2D eigenvalue weighted by Crippen LogP contribution is 2.23. The van der Waals surface area contributed by atoms with Gasteiger partial charge >= 0.3 is 11.9 Å². The summed E-state index contributed by atoms with van der Waals surface area (Å²) < 4.78 is 22.2. The van der Waals surface area contributed by atoms with Crippen LogP contribution in [0.3, 0.4) is 0 Å². The molecule has 10 nitrogen and oxygen atoms in total. The average molecular weight is 869 g/mol. The molecular formula is C51H96O10. The number of ether oxygens (including phenoxy) is 4. The van der Waals surface area contributed by atoms with Crippen molar-refractivity contribution in [1.29, 1.82) is 0 Å². The summed E-state index contributed by atoms with van der Waals surface area (Å²) in [5.41, 5.74) is 0. The molecule has 1 saturated heterocycles. The molecule has 2 unspecified atom stereocenters. The molecule has 0 aromatic rings. The van der Waals surface area contributed by atoms with E-state index >= 15 is 0 Å². The molecule has 1 heterocycles. The minimum Gasteiger partial charge on any atom is -0.462 e. The summed E-state index contributed by atoms with van der Waals surface area (Å²) in [7, 11) is 0. The van der Waals surface area contributed by atoms with Gasteiger partial charge < -0.3 is 39.4 Å². The Morgan fingerprint density at radius 3 is 1.30 bits per heavy atom. The van der Waals surface area contributed by atoms with Gasteiger partial charge in [-0.2, -0.15) is 0 Å². The Balaban J connectivity index is 2.21. The quantitative estimate of drug-likeness (QED) is 0.0264. The second-order valence-electron chi connectivity index (χ2n) is 18.0. The Labute approximate surface area is 373 Å². The zero-order valence-electron chi connectivity index (χ0n) is 39.4. The van der Waals surface area contributed by atoms with E-state index in [1.807, 2.05) is 0 Å². The molecule has 1 rings (SSSR count). The lowest BCUT2D eigenvalue weighted by Crippen LogP contribution is -2.59. The van der Waals surface area contributed by atoms with Gasteiger partial charge in [-0.15, -0.1) is 0 Å². The van der Waals surface area contributed by atoms with Crippen LogP contribution in [0.2, 0.25) is 0 Å². The number of hydrogen-bond acceptors (Lipinski definition) is 10. The molecule has 0 aromatic carbocycles. The third-order valence-corrected chi connectivity index (χ3v) is 12.2. The van der Waals surface area contributed by atoms with E-state index in [0.29, 0.717) is 6.42 Å². The molecule has 0 saturated carbocycles. The van der Waals surface area contributed by atoms with Crippen molar-refractivity contribution in [3.05, 3.63) is 12.2 Å². The Morgan fingerprint density at radius 2 is 0.869 bits per heavy atom. The summed E-state index contributed by atoms with van der Waals surface area (Å²) in [5.74, 6) is -0.811. The van der Waals surface area contributed by atoms with Gasteiger partial charge in [-0.05, 0) is 38.5 Å². The molecule has 4 N–H and O–H groups in total. The number of aliphatic hydroxyl groups excluding tert-OH is 4. The number of hydrogen-bond donors (Lipinski definition) is 4. The molecule has 0 aliphatic carbocycles. The van der Waals surface area contributed by atoms with Gasteiger partial charge in [0.25, 0.3) is 0 Å². The molecule has 0 aromatic heterocycles. The van der Waals surface area contributed by atoms with E-state index in [2.05, 4.69) is 26.0 Å². The maximum absolute atomic E-state index is 12.8. The lowest BCUT2D eigenvalue weighted by molar-refractivity contribution is -0.305. The average Bonchev–Trinajstić information content (AvgIpc) is 3.26. The van der Waals surface area contributed by atoms with Crippen LogP contribution in [0.15, 0.2) is 12.2 Å². The SMILES string of the molecule is CCCCCCCC/C=C/CCCCCC(=O)O[C@@H](COC(=O)CCCCCCCCCCCCCCCCCCCCCCCCC)CO[C@H]1O[C@@H](CO)[C@@H](O)C(O)C1O. The normalized spacial score (nSPS) is 19.7. The van der Waals surface area contributed by atoms with Crippen molar-refractivity contribution in [2.45, 2.75) is 282 Å². The van der Waals surface area contributed by atoms with Crippen molar-refractivity contribution in [1.82, 2.24) is 0 Å². The zero-order chi connectivity index (χ0) is 44.4. The third kappa shape index (κ3) is 33.6. The lowest BCUT2D eigenvalue weighted by Gasteiger charge is -2.39. The minimum absolute atomic E-state index is 0.214. The van der Waals surface area contributed by atoms with E-state index in [1.54, 1.807) is 0 Å². The van der Waals surface area contributed by atoms with Crippen LogP contribution < -0.4 is 0 Å². The van der Waals surface area contributed by atoms with Gasteiger partial charge in [0.05, 0.1) is 13.2 Å². The summed E-state index contributed by atoms with van der Waals surface area (Å²) in [6, 6.07) is 0. The first kappa shape index (κ1) is 57.5. The van der Waals surface area contributed by atoms with E-state index < -0.39 is 49.4 Å². The van der Waals surface area contributed by atoms with Gasteiger partial charge in [0, 0.05) is 12.8 Å². The Morgan fingerprint density at radius 1 is 0.492 bits per heavy atom. The fourth-order valence-corrected chi connectivity index (χ4v) is 8.07. The molecule has 0 spiro atoms. The van der Waals surface area contributed by atoms with Crippen LogP contribution in [0.4, 0.5) is 0 Å². The molecular weight excluding hydrogens is 773 g/mol. The fourth-order valence-electron chi connectivity index (χ4n) is 8.07. The Hall–Kier alpha value is -1.56. The summed E-state index contributed by atoms with van der Waals surface area (Å²) >= 11 is 0. The van der Waals surface area contributed by atoms with Gasteiger partial charge in [-0.1, -0.05) is 206 Å². The van der Waals surface area contributed by atoms with E-state index in [1.165, 1.54) is 167 Å². The van der Waals surface area contributed by atoms with Gasteiger partial charge in [-0.3, -0.25) is 9.59 Å². The molecule has 1 aliphatic rings. The lowest BCUT2D eigenvalue weighted by atomic mass is 9.99. The smallest absolute Gasteiger partial charge is 0.306 e. The highest BCUT2D eigenvalue weighted by Gasteiger charge is 2.44. The molecule has 1 fully saturated rings. The summed E-state index contributed by atoms with van der Waals surface area (Å²) in [6.45, 7) is 3.44. The number of allylic oxidation sites excluding steroid dienone is 2. The maximum atomic E-state index is 12.8. The number of esters is 2. The Bertz CT molecular complexity index is 1010. The number of rotatable bonds is 44. The van der Waals surface area contributed by atoms with E-state index in [0.717, 1.165) is 44.9 Å². The molecule has 10 heteroatoms. The predicted molar refractivity (Wildman–Crippen MR) is 247 cm³/mol. The van der Waals surface area contributed by atoms with Crippen LogP contribution in [0.1, 0.15) is 245 Å². The van der Waals surface area contributed by atoms with Crippen LogP contribution in [0.5, 0.6) is 0 Å². The van der Waals surface area contributed by atoms with Crippen LogP contribution in [0.25, 0.3) is 0 Å². The molecule has 0 radical (unpaired) electrons. The van der Waals surface area contributed by atoms with Crippen LogP contribution in [0, 0.1) is 0 Å². The zero-order valence-corrected chi connectivity index (χ0v) is 39.4. The van der Waals surface area contributed by atoms with Gasteiger partial charge in [-0.25, -0.2) is 0 Å². The van der Waals surface area contributed by atoms with Gasteiger partial charge in [0.1, 0.15) is 31.0 Å². The number of carbonyl (C=O) groups excluding carboxylic acids is 2. The molecule has 0 bridgehead atoms. The molecule has 0 amide bonds. The first-order valence-corrected chi connectivity index (χ1v) is 25.8. The van der Waals surface area contributed by atoms with E-state index in [9.17, 15) is 30.0 Å². The van der Waals surface area contributed by atoms with Crippen LogP contribution >= 0.6 is 0 Å². The van der Waals surface area contributed by atoms with Crippen LogP contribution in [-0.2, 0) is 28.5 Å². The molecule has 61 heavy (non-hydrogen) atoms. The Kier molecular flexibility index (Phi) is 39.9. The topological polar surface area (TPSA) is 152 Å². The third-order valence-electron chi connectivity index (χ3n) is 12.2. The predicted octanol–water partition coefficient (Wildman–Crippen LogP) is 11.9. The first-order valence-electron chi connectivity index (χ1n) is 25.8. The highest BCUT2D eigenvalue weighted by atomic mass is 16.7. The van der Waals surface area contributed by atoms with Gasteiger partial charge in [0.2, 0.25) is 0 Å². The van der Waals surface area contributed by atoms with Gasteiger partial charge in [0.15, 0.2) is 12.4 Å². The highest BCUT2D eigenvalue weighted by molar-refractivity contribution is 5.70. The summed E-state index contributed by atoms with van der Waals surface area (Å²) in [5, 5.41) is 40.1. The van der Waals surface area contributed by atoms with Crippen molar-refractivity contribution in [2.75, 3.05) is 19.8 Å². The second kappa shape index (κ2) is 42.4. The largest absolute Gasteiger partial charge is 0.462 e. The van der Waals surface area contributed by atoms with Crippen molar-refractivity contribution >= 4 is 11.9 Å². The van der Waals surface area contributed by atoms with Crippen molar-refractivity contribution in [3.8, 4) is 0 Å².